The van der Waals surface area contributed by atoms with Gasteiger partial charge in [0.05, 0.1) is 11.6 Å². The molecule has 0 bridgehead atoms. The van der Waals surface area contributed by atoms with E-state index in [1.807, 2.05) is 18.2 Å². The van der Waals surface area contributed by atoms with E-state index in [-0.39, 0.29) is 11.8 Å². The van der Waals surface area contributed by atoms with E-state index in [9.17, 15) is 8.42 Å². The van der Waals surface area contributed by atoms with E-state index in [0.29, 0.717) is 6.42 Å². The maximum atomic E-state index is 11.3. The molecule has 1 unspecified atom stereocenters. The van der Waals surface area contributed by atoms with Gasteiger partial charge in [-0.2, -0.15) is 0 Å². The van der Waals surface area contributed by atoms with E-state index >= 15 is 0 Å². The predicted molar refractivity (Wildman–Crippen MR) is 90.7 cm³/mol. The summed E-state index contributed by atoms with van der Waals surface area (Å²) in [6.45, 7) is 3.03. The van der Waals surface area contributed by atoms with Crippen LogP contribution in [0.25, 0.3) is 0 Å². The molecule has 0 heterocycles. The van der Waals surface area contributed by atoms with Gasteiger partial charge in [-0.3, -0.25) is 0 Å². The Balaban J connectivity index is 2.78. The normalized spacial score (nSPS) is 13.1. The lowest BCUT2D eigenvalue weighted by Gasteiger charge is -2.20. The molecule has 0 fully saturated rings. The van der Waals surface area contributed by atoms with E-state index in [2.05, 4.69) is 28.2 Å². The summed E-state index contributed by atoms with van der Waals surface area (Å²) in [7, 11) is -1.26. The van der Waals surface area contributed by atoms with Gasteiger partial charge < -0.3 is 10.1 Å². The lowest BCUT2D eigenvalue weighted by Crippen LogP contribution is -2.23. The molecule has 1 N–H and O–H groups in total. The van der Waals surface area contributed by atoms with Crippen molar-refractivity contribution in [1.82, 2.24) is 5.32 Å². The summed E-state index contributed by atoms with van der Waals surface area (Å²) in [5, 5.41) is 3.48. The largest absolute Gasteiger partial charge is 0.496 e. The maximum Gasteiger partial charge on any atom is 0.147 e. The van der Waals surface area contributed by atoms with Crippen molar-refractivity contribution >= 4 is 25.8 Å². The summed E-state index contributed by atoms with van der Waals surface area (Å²) < 4.78 is 28.7. The first kappa shape index (κ1) is 18.5. The first-order chi connectivity index (χ1) is 9.87. The molecule has 0 spiro atoms. The monoisotopic (exact) mass is 377 g/mol. The second-order valence-corrected chi connectivity index (χ2v) is 8.29. The molecular formula is C15H24BrNO3S. The molecule has 0 aliphatic heterocycles. The summed E-state index contributed by atoms with van der Waals surface area (Å²) in [6.07, 6.45) is 3.78. The molecule has 0 aliphatic rings. The van der Waals surface area contributed by atoms with Crippen LogP contribution >= 0.6 is 15.9 Å². The van der Waals surface area contributed by atoms with E-state index in [4.69, 9.17) is 4.74 Å². The number of benzene rings is 1. The number of sulfone groups is 1. The Labute approximate surface area is 136 Å². The molecular weight excluding hydrogens is 354 g/mol. The number of methoxy groups -OCH3 is 1. The number of nitrogens with one attached hydrogen (secondary N) is 1. The van der Waals surface area contributed by atoms with Gasteiger partial charge in [-0.05, 0) is 59.4 Å². The number of hydrogen-bond donors (Lipinski definition) is 1. The van der Waals surface area contributed by atoms with Gasteiger partial charge in [-0.1, -0.05) is 13.0 Å². The van der Waals surface area contributed by atoms with Crippen LogP contribution in [0.1, 0.15) is 37.8 Å². The number of halogens is 1. The Hall–Kier alpha value is -0.590. The van der Waals surface area contributed by atoms with Gasteiger partial charge >= 0.3 is 0 Å². The fourth-order valence-corrected chi connectivity index (χ4v) is 3.40. The highest BCUT2D eigenvalue weighted by atomic mass is 79.9. The topological polar surface area (TPSA) is 55.4 Å². The molecule has 1 rings (SSSR count). The molecule has 0 amide bonds. The van der Waals surface area contributed by atoms with Crippen LogP contribution in [0.5, 0.6) is 5.75 Å². The van der Waals surface area contributed by atoms with Gasteiger partial charge in [0, 0.05) is 18.1 Å². The first-order valence-electron chi connectivity index (χ1n) is 7.12. The molecule has 4 nitrogen and oxygen atoms in total. The summed E-state index contributed by atoms with van der Waals surface area (Å²) in [5.41, 5.74) is 1.14. The molecule has 1 aromatic carbocycles. The van der Waals surface area contributed by atoms with Crippen LogP contribution in [-0.2, 0) is 9.84 Å². The standard InChI is InChI=1S/C15H24BrNO3S/c1-4-9-17-14(6-5-10-21(3,18)19)12-7-8-15(20-2)13(16)11-12/h7-8,11,14,17H,4-6,9-10H2,1-3H3. The number of ether oxygens (including phenoxy) is 1. The minimum Gasteiger partial charge on any atom is -0.496 e. The Kier molecular flexibility index (Phi) is 7.70. The highest BCUT2D eigenvalue weighted by molar-refractivity contribution is 9.10. The molecule has 120 valence electrons. The fourth-order valence-electron chi connectivity index (χ4n) is 2.15. The smallest absolute Gasteiger partial charge is 0.147 e. The quantitative estimate of drug-likeness (QED) is 0.716. The van der Waals surface area contributed by atoms with Crippen molar-refractivity contribution in [2.45, 2.75) is 32.2 Å². The number of hydrogen-bond acceptors (Lipinski definition) is 4. The summed E-state index contributed by atoms with van der Waals surface area (Å²) in [5.74, 6) is 1.03. The van der Waals surface area contributed by atoms with Crippen LogP contribution < -0.4 is 10.1 Å². The average Bonchev–Trinajstić information content (AvgIpc) is 2.41. The maximum absolute atomic E-state index is 11.3. The molecule has 0 aliphatic carbocycles. The third-order valence-corrected chi connectivity index (χ3v) is 4.88. The van der Waals surface area contributed by atoms with Crippen molar-refractivity contribution < 1.29 is 13.2 Å². The highest BCUT2D eigenvalue weighted by Gasteiger charge is 2.14. The highest BCUT2D eigenvalue weighted by Crippen LogP contribution is 2.29. The molecule has 1 atom stereocenters. The van der Waals surface area contributed by atoms with Gasteiger partial charge in [0.15, 0.2) is 0 Å². The first-order valence-corrected chi connectivity index (χ1v) is 9.97. The summed E-state index contributed by atoms with van der Waals surface area (Å²) >= 11 is 3.50. The molecule has 0 aromatic heterocycles. The Morgan fingerprint density at radius 3 is 2.62 bits per heavy atom. The zero-order chi connectivity index (χ0) is 15.9. The van der Waals surface area contributed by atoms with E-state index in [1.54, 1.807) is 7.11 Å². The second-order valence-electron chi connectivity index (χ2n) is 5.17. The molecule has 0 radical (unpaired) electrons. The molecule has 0 saturated heterocycles. The SMILES string of the molecule is CCCNC(CCCS(C)(=O)=O)c1ccc(OC)c(Br)c1. The summed E-state index contributed by atoms with van der Waals surface area (Å²) in [4.78, 5) is 0. The third-order valence-electron chi connectivity index (χ3n) is 3.23. The third kappa shape index (κ3) is 6.80. The van der Waals surface area contributed by atoms with E-state index in [0.717, 1.165) is 35.2 Å². The van der Waals surface area contributed by atoms with Crippen LogP contribution in [0.15, 0.2) is 22.7 Å². The van der Waals surface area contributed by atoms with Crippen LogP contribution in [-0.4, -0.2) is 34.1 Å². The Bertz CT molecular complexity index is 546. The fraction of sp³-hybridized carbons (Fsp3) is 0.600. The van der Waals surface area contributed by atoms with E-state index in [1.165, 1.54) is 6.26 Å². The zero-order valence-electron chi connectivity index (χ0n) is 12.9. The Morgan fingerprint density at radius 1 is 1.38 bits per heavy atom. The zero-order valence-corrected chi connectivity index (χ0v) is 15.3. The Morgan fingerprint density at radius 2 is 2.10 bits per heavy atom. The van der Waals surface area contributed by atoms with Crippen LogP contribution in [0.4, 0.5) is 0 Å². The number of rotatable bonds is 9. The van der Waals surface area contributed by atoms with Gasteiger partial charge in [-0.25, -0.2) is 8.42 Å². The van der Waals surface area contributed by atoms with Gasteiger partial charge in [0.1, 0.15) is 15.6 Å². The van der Waals surface area contributed by atoms with Crippen molar-refractivity contribution in [3.05, 3.63) is 28.2 Å². The van der Waals surface area contributed by atoms with E-state index < -0.39 is 9.84 Å². The van der Waals surface area contributed by atoms with Crippen molar-refractivity contribution in [3.8, 4) is 5.75 Å². The minimum atomic E-state index is -2.90. The lowest BCUT2D eigenvalue weighted by atomic mass is 10.0. The van der Waals surface area contributed by atoms with Crippen LogP contribution in [0, 0.1) is 0 Å². The van der Waals surface area contributed by atoms with Gasteiger partial charge in [0.2, 0.25) is 0 Å². The van der Waals surface area contributed by atoms with Gasteiger partial charge in [-0.15, -0.1) is 0 Å². The van der Waals surface area contributed by atoms with Gasteiger partial charge in [0.25, 0.3) is 0 Å². The van der Waals surface area contributed by atoms with Crippen molar-refractivity contribution in [2.24, 2.45) is 0 Å². The minimum absolute atomic E-state index is 0.161. The van der Waals surface area contributed by atoms with Crippen molar-refractivity contribution in [1.29, 1.82) is 0 Å². The predicted octanol–water partition coefficient (Wildman–Crippen LogP) is 3.32. The van der Waals surface area contributed by atoms with Crippen LogP contribution in [0.2, 0.25) is 0 Å². The molecule has 21 heavy (non-hydrogen) atoms. The average molecular weight is 378 g/mol. The van der Waals surface area contributed by atoms with Crippen molar-refractivity contribution in [2.75, 3.05) is 25.7 Å². The molecule has 1 aromatic rings. The second kappa shape index (κ2) is 8.76. The molecule has 0 saturated carbocycles. The molecule has 6 heteroatoms. The van der Waals surface area contributed by atoms with Crippen molar-refractivity contribution in [3.63, 3.8) is 0 Å². The van der Waals surface area contributed by atoms with Crippen LogP contribution in [0.3, 0.4) is 0 Å². The summed E-state index contributed by atoms with van der Waals surface area (Å²) in [6, 6.07) is 6.15. The lowest BCUT2D eigenvalue weighted by molar-refractivity contribution is 0.411.